The van der Waals surface area contributed by atoms with Gasteiger partial charge in [-0.15, -0.1) is 0 Å². The molecule has 1 aromatic rings. The number of hydrogen-bond acceptors (Lipinski definition) is 3. The fourth-order valence-corrected chi connectivity index (χ4v) is 0.988. The molecule has 0 aliphatic rings. The fourth-order valence-electron chi connectivity index (χ4n) is 0.988. The quantitative estimate of drug-likeness (QED) is 0.691. The zero-order valence-electron chi connectivity index (χ0n) is 7.48. The molecule has 0 spiro atoms. The molecule has 13 heavy (non-hydrogen) atoms. The zero-order chi connectivity index (χ0) is 9.84. The molecule has 0 aromatic carbocycles. The lowest BCUT2D eigenvalue weighted by atomic mass is 10.3. The second kappa shape index (κ2) is 3.80. The molecule has 0 aliphatic carbocycles. The lowest BCUT2D eigenvalue weighted by Crippen LogP contribution is -1.94. The monoisotopic (exact) mass is 178 g/mol. The van der Waals surface area contributed by atoms with Gasteiger partial charge in [-0.25, -0.2) is 14.8 Å². The maximum Gasteiger partial charge on any atom is 0.328 e. The smallest absolute Gasteiger partial charge is 0.328 e. The van der Waals surface area contributed by atoms with Gasteiger partial charge in [0.05, 0.1) is 5.69 Å². The summed E-state index contributed by atoms with van der Waals surface area (Å²) in [6.07, 6.45) is 2.51. The normalized spacial score (nSPS) is 10.6. The van der Waals surface area contributed by atoms with E-state index in [0.717, 1.165) is 11.8 Å². The summed E-state index contributed by atoms with van der Waals surface area (Å²) in [6.45, 7) is 3.61. The van der Waals surface area contributed by atoms with Crippen molar-refractivity contribution in [3.05, 3.63) is 29.4 Å². The van der Waals surface area contributed by atoms with E-state index in [9.17, 15) is 4.79 Å². The highest BCUT2D eigenvalue weighted by Crippen LogP contribution is 2.01. The van der Waals surface area contributed by atoms with Gasteiger partial charge in [0.2, 0.25) is 0 Å². The van der Waals surface area contributed by atoms with Crippen LogP contribution < -0.4 is 0 Å². The van der Waals surface area contributed by atoms with Crippen LogP contribution in [0.15, 0.2) is 12.1 Å². The number of aromatic nitrogens is 2. The molecular weight excluding hydrogens is 168 g/mol. The average Bonchev–Trinajstić information content (AvgIpc) is 1.99. The van der Waals surface area contributed by atoms with Gasteiger partial charge in [0.1, 0.15) is 5.82 Å². The minimum Gasteiger partial charge on any atom is -0.478 e. The minimum atomic E-state index is -0.978. The van der Waals surface area contributed by atoms with Crippen molar-refractivity contribution >= 4 is 12.0 Å². The molecule has 1 rings (SSSR count). The van der Waals surface area contributed by atoms with Gasteiger partial charge in [0.15, 0.2) is 0 Å². The first-order chi connectivity index (χ1) is 6.08. The van der Waals surface area contributed by atoms with Gasteiger partial charge in [0, 0.05) is 11.8 Å². The average molecular weight is 178 g/mol. The second-order valence-corrected chi connectivity index (χ2v) is 2.65. The fraction of sp³-hybridized carbons (Fsp3) is 0.222. The van der Waals surface area contributed by atoms with Gasteiger partial charge in [-0.3, -0.25) is 0 Å². The van der Waals surface area contributed by atoms with Crippen LogP contribution in [0.1, 0.15) is 17.2 Å². The predicted molar refractivity (Wildman–Crippen MR) is 48.2 cm³/mol. The molecule has 1 aromatic heterocycles. The number of rotatable bonds is 2. The molecule has 1 heterocycles. The molecule has 0 amide bonds. The zero-order valence-corrected chi connectivity index (χ0v) is 7.48. The molecule has 1 N–H and O–H groups in total. The third-order valence-electron chi connectivity index (χ3n) is 1.38. The minimum absolute atomic E-state index is 0.618. The Balaban J connectivity index is 2.95. The van der Waals surface area contributed by atoms with Crippen LogP contribution in [0.25, 0.3) is 6.08 Å². The summed E-state index contributed by atoms with van der Waals surface area (Å²) in [7, 11) is 0. The molecule has 0 bridgehead atoms. The van der Waals surface area contributed by atoms with Gasteiger partial charge in [-0.2, -0.15) is 0 Å². The third kappa shape index (κ3) is 3.02. The Morgan fingerprint density at radius 2 is 2.15 bits per heavy atom. The Labute approximate surface area is 76.0 Å². The lowest BCUT2D eigenvalue weighted by molar-refractivity contribution is -0.131. The van der Waals surface area contributed by atoms with E-state index in [-0.39, 0.29) is 0 Å². The van der Waals surface area contributed by atoms with E-state index >= 15 is 0 Å². The lowest BCUT2D eigenvalue weighted by Gasteiger charge is -1.96. The molecule has 0 saturated heterocycles. The summed E-state index contributed by atoms with van der Waals surface area (Å²) in [4.78, 5) is 18.3. The molecule has 0 radical (unpaired) electrons. The highest BCUT2D eigenvalue weighted by atomic mass is 16.4. The Morgan fingerprint density at radius 3 is 2.69 bits per heavy atom. The van der Waals surface area contributed by atoms with Crippen LogP contribution in [0.5, 0.6) is 0 Å². The van der Waals surface area contributed by atoms with Gasteiger partial charge >= 0.3 is 5.97 Å². The molecule has 0 fully saturated rings. The van der Waals surface area contributed by atoms with Crippen LogP contribution in [-0.2, 0) is 4.79 Å². The molecule has 0 unspecified atom stereocenters. The van der Waals surface area contributed by atoms with Crippen LogP contribution >= 0.6 is 0 Å². The van der Waals surface area contributed by atoms with E-state index in [1.54, 1.807) is 13.0 Å². The Bertz CT molecular complexity index is 338. The summed E-state index contributed by atoms with van der Waals surface area (Å²) >= 11 is 0. The van der Waals surface area contributed by atoms with Crippen molar-refractivity contribution in [2.24, 2.45) is 0 Å². The molecule has 4 heteroatoms. The van der Waals surface area contributed by atoms with Crippen LogP contribution in [0.2, 0.25) is 0 Å². The van der Waals surface area contributed by atoms with Crippen LogP contribution in [0.3, 0.4) is 0 Å². The van der Waals surface area contributed by atoms with E-state index in [4.69, 9.17) is 5.11 Å². The summed E-state index contributed by atoms with van der Waals surface area (Å²) < 4.78 is 0. The SMILES string of the molecule is Cc1cc(/C=C/C(=O)O)nc(C)n1. The molecule has 4 nitrogen and oxygen atoms in total. The van der Waals surface area contributed by atoms with Crippen LogP contribution in [0.4, 0.5) is 0 Å². The summed E-state index contributed by atoms with van der Waals surface area (Å²) in [6, 6.07) is 1.73. The maximum absolute atomic E-state index is 10.2. The van der Waals surface area contributed by atoms with Gasteiger partial charge in [-0.05, 0) is 26.0 Å². The number of carbonyl (C=O) groups is 1. The van der Waals surface area contributed by atoms with Crippen molar-refractivity contribution < 1.29 is 9.90 Å². The van der Waals surface area contributed by atoms with Crippen molar-refractivity contribution in [3.63, 3.8) is 0 Å². The van der Waals surface area contributed by atoms with Gasteiger partial charge < -0.3 is 5.11 Å². The van der Waals surface area contributed by atoms with Crippen molar-refractivity contribution in [2.45, 2.75) is 13.8 Å². The van der Waals surface area contributed by atoms with E-state index < -0.39 is 5.97 Å². The van der Waals surface area contributed by atoms with E-state index in [1.165, 1.54) is 6.08 Å². The van der Waals surface area contributed by atoms with E-state index in [2.05, 4.69) is 9.97 Å². The first-order valence-corrected chi connectivity index (χ1v) is 3.81. The Hall–Kier alpha value is -1.71. The van der Waals surface area contributed by atoms with Crippen molar-refractivity contribution in [1.82, 2.24) is 9.97 Å². The molecule has 0 atom stereocenters. The van der Waals surface area contributed by atoms with Crippen molar-refractivity contribution in [1.29, 1.82) is 0 Å². The topological polar surface area (TPSA) is 63.1 Å². The predicted octanol–water partition coefficient (Wildman–Crippen LogP) is 1.19. The Kier molecular flexibility index (Phi) is 2.74. The number of aliphatic carboxylic acids is 1. The number of hydrogen-bond donors (Lipinski definition) is 1. The second-order valence-electron chi connectivity index (χ2n) is 2.65. The molecular formula is C9H10N2O2. The number of aryl methyl sites for hydroxylation is 2. The highest BCUT2D eigenvalue weighted by Gasteiger charge is 1.95. The van der Waals surface area contributed by atoms with Gasteiger partial charge in [-0.1, -0.05) is 0 Å². The van der Waals surface area contributed by atoms with Crippen LogP contribution in [0, 0.1) is 13.8 Å². The number of nitrogens with zero attached hydrogens (tertiary/aromatic N) is 2. The van der Waals surface area contributed by atoms with Crippen molar-refractivity contribution in [3.8, 4) is 0 Å². The summed E-state index contributed by atoms with van der Waals surface area (Å²) in [5.74, 6) is -0.334. The van der Waals surface area contributed by atoms with Crippen LogP contribution in [-0.4, -0.2) is 21.0 Å². The van der Waals surface area contributed by atoms with E-state index in [0.29, 0.717) is 11.5 Å². The van der Waals surface area contributed by atoms with E-state index in [1.807, 2.05) is 6.92 Å². The van der Waals surface area contributed by atoms with Crippen molar-refractivity contribution in [2.75, 3.05) is 0 Å². The first kappa shape index (κ1) is 9.38. The standard InChI is InChI=1S/C9H10N2O2/c1-6-5-8(3-4-9(12)13)11-7(2)10-6/h3-5H,1-2H3,(H,12,13)/b4-3+. The third-order valence-corrected chi connectivity index (χ3v) is 1.38. The van der Waals surface area contributed by atoms with Gasteiger partial charge in [0.25, 0.3) is 0 Å². The number of carboxylic acids is 1. The molecule has 0 saturated carbocycles. The Morgan fingerprint density at radius 1 is 1.46 bits per heavy atom. The summed E-state index contributed by atoms with van der Waals surface area (Å²) in [5.41, 5.74) is 1.45. The molecule has 0 aliphatic heterocycles. The largest absolute Gasteiger partial charge is 0.478 e. The molecule has 68 valence electrons. The number of carboxylic acid groups (broad SMARTS) is 1. The highest BCUT2D eigenvalue weighted by molar-refractivity contribution is 5.84. The summed E-state index contributed by atoms with van der Waals surface area (Å²) in [5, 5.41) is 8.38. The maximum atomic E-state index is 10.2. The first-order valence-electron chi connectivity index (χ1n) is 3.81.